The van der Waals surface area contributed by atoms with Crippen LogP contribution in [-0.2, 0) is 4.79 Å². The molecular weight excluding hydrogens is 361 g/mol. The Hall–Kier alpha value is -2.23. The molecule has 0 saturated carbocycles. The maximum atomic E-state index is 11.9. The monoisotopic (exact) mass is 381 g/mol. The Morgan fingerprint density at radius 1 is 1.25 bits per heavy atom. The van der Waals surface area contributed by atoms with Crippen molar-refractivity contribution in [1.29, 1.82) is 0 Å². The van der Waals surface area contributed by atoms with Gasteiger partial charge in [-0.25, -0.2) is 4.79 Å². The van der Waals surface area contributed by atoms with Gasteiger partial charge in [0.05, 0.1) is 6.04 Å². The Kier molecular flexibility index (Phi) is 11.3. The van der Waals surface area contributed by atoms with Gasteiger partial charge in [-0.15, -0.1) is 24.8 Å². The van der Waals surface area contributed by atoms with Crippen molar-refractivity contribution in [2.24, 2.45) is 22.2 Å². The van der Waals surface area contributed by atoms with E-state index in [2.05, 4.69) is 10.3 Å². The first-order chi connectivity index (χ1) is 10.3. The number of nitrogens with two attached hydrogens (primary N) is 3. The van der Waals surface area contributed by atoms with E-state index in [9.17, 15) is 14.7 Å². The summed E-state index contributed by atoms with van der Waals surface area (Å²) in [6, 6.07) is 2.94. The first kappa shape index (κ1) is 24.0. The molecule has 0 bridgehead atoms. The van der Waals surface area contributed by atoms with Gasteiger partial charge in [0.25, 0.3) is 0 Å². The molecule has 0 unspecified atom stereocenters. The lowest BCUT2D eigenvalue weighted by molar-refractivity contribution is -0.117. The van der Waals surface area contributed by atoms with Crippen LogP contribution in [0.2, 0.25) is 0 Å². The number of amides is 1. The van der Waals surface area contributed by atoms with Crippen molar-refractivity contribution in [3.63, 3.8) is 0 Å². The number of aromatic hydroxyl groups is 1. The molecule has 9 nitrogen and oxygen atoms in total. The molecule has 0 radical (unpaired) electrons. The number of phenols is 1. The molecule has 0 heterocycles. The Morgan fingerprint density at radius 2 is 1.88 bits per heavy atom. The summed E-state index contributed by atoms with van der Waals surface area (Å²) in [5, 5.41) is 20.8. The van der Waals surface area contributed by atoms with E-state index in [1.807, 2.05) is 0 Å². The minimum Gasteiger partial charge on any atom is -0.507 e. The highest BCUT2D eigenvalue weighted by Crippen LogP contribution is 2.21. The molecule has 0 aliphatic heterocycles. The maximum absolute atomic E-state index is 11.9. The van der Waals surface area contributed by atoms with E-state index in [-0.39, 0.29) is 47.8 Å². The number of hydrogen-bond acceptors (Lipinski definition) is 5. The Morgan fingerprint density at radius 3 is 2.42 bits per heavy atom. The zero-order valence-electron chi connectivity index (χ0n) is 12.6. The number of anilines is 1. The van der Waals surface area contributed by atoms with Crippen LogP contribution >= 0.6 is 24.8 Å². The van der Waals surface area contributed by atoms with Crippen molar-refractivity contribution in [3.8, 4) is 5.75 Å². The third kappa shape index (κ3) is 7.86. The van der Waals surface area contributed by atoms with Gasteiger partial charge in [0.1, 0.15) is 11.3 Å². The standard InChI is InChI=1S/C13H19N5O4.2ClH/c14-9(2-1-5-17-13(15)16)11(20)18-7-3-4-10(19)8(6-7)12(21)22;;/h3-4,6,9,19H,1-2,5,14H2,(H,18,20)(H,21,22)(H4,15,16,17);2*1H/t9-;;/m0../s1. The summed E-state index contributed by atoms with van der Waals surface area (Å²) in [4.78, 5) is 26.5. The number of aliphatic imine (C=N–C) groups is 1. The summed E-state index contributed by atoms with van der Waals surface area (Å²) in [6.07, 6.45) is 0.898. The normalized spacial score (nSPS) is 10.5. The van der Waals surface area contributed by atoms with Gasteiger partial charge >= 0.3 is 5.97 Å². The lowest BCUT2D eigenvalue weighted by atomic mass is 10.1. The number of nitrogens with one attached hydrogen (secondary N) is 1. The van der Waals surface area contributed by atoms with Crippen LogP contribution in [0.4, 0.5) is 5.69 Å². The zero-order chi connectivity index (χ0) is 16.7. The number of carboxylic acid groups (broad SMARTS) is 1. The van der Waals surface area contributed by atoms with Crippen LogP contribution in [0.1, 0.15) is 23.2 Å². The fourth-order valence-corrected chi connectivity index (χ4v) is 1.67. The number of carbonyl (C=O) groups is 2. The van der Waals surface area contributed by atoms with E-state index in [1.54, 1.807) is 0 Å². The average Bonchev–Trinajstić information content (AvgIpc) is 2.44. The maximum Gasteiger partial charge on any atom is 0.339 e. The van der Waals surface area contributed by atoms with Crippen molar-refractivity contribution in [2.75, 3.05) is 11.9 Å². The number of halogens is 2. The second-order valence-electron chi connectivity index (χ2n) is 4.58. The van der Waals surface area contributed by atoms with Crippen LogP contribution in [0.25, 0.3) is 0 Å². The predicted molar refractivity (Wildman–Crippen MR) is 96.1 cm³/mol. The highest BCUT2D eigenvalue weighted by atomic mass is 35.5. The second-order valence-corrected chi connectivity index (χ2v) is 4.58. The van der Waals surface area contributed by atoms with Crippen molar-refractivity contribution in [1.82, 2.24) is 0 Å². The fourth-order valence-electron chi connectivity index (χ4n) is 1.67. The largest absolute Gasteiger partial charge is 0.507 e. The number of rotatable bonds is 7. The summed E-state index contributed by atoms with van der Waals surface area (Å²) in [5.41, 5.74) is 16.0. The third-order valence-corrected chi connectivity index (χ3v) is 2.80. The number of aromatic carboxylic acids is 1. The van der Waals surface area contributed by atoms with E-state index in [0.717, 1.165) is 6.07 Å². The van der Waals surface area contributed by atoms with Gasteiger partial charge in [0, 0.05) is 12.2 Å². The molecule has 0 spiro atoms. The molecule has 1 aromatic carbocycles. The molecule has 1 rings (SSSR count). The highest BCUT2D eigenvalue weighted by Gasteiger charge is 2.15. The number of carboxylic acids is 1. The van der Waals surface area contributed by atoms with E-state index in [0.29, 0.717) is 19.4 Å². The number of hydrogen-bond donors (Lipinski definition) is 6. The summed E-state index contributed by atoms with van der Waals surface area (Å²) < 4.78 is 0. The van der Waals surface area contributed by atoms with Crippen LogP contribution in [0.3, 0.4) is 0 Å². The molecule has 24 heavy (non-hydrogen) atoms. The lowest BCUT2D eigenvalue weighted by Crippen LogP contribution is -2.35. The minimum absolute atomic E-state index is 0. The van der Waals surface area contributed by atoms with Crippen LogP contribution in [0.5, 0.6) is 5.75 Å². The minimum atomic E-state index is -1.30. The molecule has 11 heteroatoms. The van der Waals surface area contributed by atoms with Crippen LogP contribution in [-0.4, -0.2) is 40.6 Å². The molecule has 1 aromatic rings. The topological polar surface area (TPSA) is 177 Å². The molecule has 1 amide bonds. The lowest BCUT2D eigenvalue weighted by Gasteiger charge is -2.12. The van der Waals surface area contributed by atoms with Crippen molar-refractivity contribution in [2.45, 2.75) is 18.9 Å². The van der Waals surface area contributed by atoms with Gasteiger partial charge in [-0.1, -0.05) is 0 Å². The second kappa shape index (κ2) is 11.3. The molecule has 1 atom stereocenters. The van der Waals surface area contributed by atoms with Crippen LogP contribution in [0, 0.1) is 0 Å². The summed E-state index contributed by atoms with van der Waals surface area (Å²) in [7, 11) is 0. The van der Waals surface area contributed by atoms with E-state index in [1.165, 1.54) is 12.1 Å². The highest BCUT2D eigenvalue weighted by molar-refractivity contribution is 5.97. The van der Waals surface area contributed by atoms with E-state index < -0.39 is 17.9 Å². The summed E-state index contributed by atoms with van der Waals surface area (Å²) in [6.45, 7) is 0.367. The average molecular weight is 382 g/mol. The summed E-state index contributed by atoms with van der Waals surface area (Å²) in [5.74, 6) is -2.17. The molecular formula is C13H21Cl2N5O4. The molecule has 136 valence electrons. The van der Waals surface area contributed by atoms with Gasteiger partial charge < -0.3 is 32.7 Å². The smallest absolute Gasteiger partial charge is 0.339 e. The van der Waals surface area contributed by atoms with Crippen LogP contribution < -0.4 is 22.5 Å². The Bertz CT molecular complexity index is 594. The SMILES string of the molecule is Cl.Cl.NC(N)=NCCC[C@H](N)C(=O)Nc1ccc(O)c(C(=O)O)c1. The number of guanidine groups is 1. The van der Waals surface area contributed by atoms with Crippen LogP contribution in [0.15, 0.2) is 23.2 Å². The van der Waals surface area contributed by atoms with Gasteiger partial charge in [-0.2, -0.15) is 0 Å². The molecule has 0 fully saturated rings. The number of nitrogens with zero attached hydrogens (tertiary/aromatic N) is 1. The number of benzene rings is 1. The predicted octanol–water partition coefficient (Wildman–Crippen LogP) is 0.253. The molecule has 0 aromatic heterocycles. The Balaban J connectivity index is 0. The third-order valence-electron chi connectivity index (χ3n) is 2.80. The first-order valence-electron chi connectivity index (χ1n) is 6.49. The molecule has 0 aliphatic rings. The first-order valence-corrected chi connectivity index (χ1v) is 6.49. The van der Waals surface area contributed by atoms with Crippen molar-refractivity contribution >= 4 is 48.3 Å². The fraction of sp³-hybridized carbons (Fsp3) is 0.308. The van der Waals surface area contributed by atoms with Gasteiger partial charge in [0.15, 0.2) is 5.96 Å². The zero-order valence-corrected chi connectivity index (χ0v) is 14.3. The van der Waals surface area contributed by atoms with E-state index >= 15 is 0 Å². The molecule has 0 saturated heterocycles. The van der Waals surface area contributed by atoms with Gasteiger partial charge in [-0.05, 0) is 31.0 Å². The number of carbonyl (C=O) groups excluding carboxylic acids is 1. The Labute approximate surface area is 151 Å². The molecule has 0 aliphatic carbocycles. The van der Waals surface area contributed by atoms with Gasteiger partial charge in [0.2, 0.25) is 5.91 Å². The quantitative estimate of drug-likeness (QED) is 0.169. The van der Waals surface area contributed by atoms with Crippen molar-refractivity contribution in [3.05, 3.63) is 23.8 Å². The van der Waals surface area contributed by atoms with Crippen molar-refractivity contribution < 1.29 is 19.8 Å². The molecule has 9 N–H and O–H groups in total. The van der Waals surface area contributed by atoms with E-state index in [4.69, 9.17) is 22.3 Å². The summed E-state index contributed by atoms with van der Waals surface area (Å²) >= 11 is 0. The van der Waals surface area contributed by atoms with Gasteiger partial charge in [-0.3, -0.25) is 9.79 Å².